The summed E-state index contributed by atoms with van der Waals surface area (Å²) in [7, 11) is -4.60. The van der Waals surface area contributed by atoms with E-state index in [0.717, 1.165) is 17.4 Å². The van der Waals surface area contributed by atoms with Gasteiger partial charge in [0.05, 0.1) is 32.4 Å². The van der Waals surface area contributed by atoms with Crippen LogP contribution in [0.25, 0.3) is 0 Å². The van der Waals surface area contributed by atoms with Crippen LogP contribution in [-0.2, 0) is 15.4 Å². The normalized spacial score (nSPS) is 18.0. The minimum atomic E-state index is -4.85. The maximum atomic E-state index is 13.8. The molecule has 11 heteroatoms. The van der Waals surface area contributed by atoms with Crippen LogP contribution in [-0.4, -0.2) is 25.1 Å². The Hall–Kier alpha value is -0.700. The molecule has 1 rings (SSSR count). The molecule has 0 aliphatic rings. The van der Waals surface area contributed by atoms with Crippen molar-refractivity contribution >= 4 is 37.1 Å². The van der Waals surface area contributed by atoms with Crippen molar-refractivity contribution in [2.75, 3.05) is 5.75 Å². The van der Waals surface area contributed by atoms with E-state index in [1.54, 1.807) is 0 Å². The van der Waals surface area contributed by atoms with Crippen molar-refractivity contribution in [3.05, 3.63) is 20.5 Å². The lowest BCUT2D eigenvalue weighted by molar-refractivity contribution is -0.137. The summed E-state index contributed by atoms with van der Waals surface area (Å²) in [5, 5.41) is 8.96. The van der Waals surface area contributed by atoms with Crippen LogP contribution in [0.15, 0.2) is 9.85 Å². The largest absolute Gasteiger partial charge is 0.391 e. The first-order valence-electron chi connectivity index (χ1n) is 6.08. The van der Waals surface area contributed by atoms with E-state index in [9.17, 15) is 26.0 Å². The SMILES string of the molecule is CC(C#N)(CC(F)(F)F)S(=O)(=O)C[C@](C)(N)c1sc(Br)cc1F. The third-order valence-electron chi connectivity index (χ3n) is 3.13. The van der Waals surface area contributed by atoms with Crippen LogP contribution < -0.4 is 5.73 Å². The molecule has 0 aromatic carbocycles. The second kappa shape index (κ2) is 6.31. The number of sulfone groups is 1. The molecule has 1 aromatic rings. The number of nitriles is 1. The quantitative estimate of drug-likeness (QED) is 0.716. The zero-order valence-electron chi connectivity index (χ0n) is 12.0. The highest BCUT2D eigenvalue weighted by molar-refractivity contribution is 9.11. The van der Waals surface area contributed by atoms with Gasteiger partial charge in [-0.3, -0.25) is 0 Å². The Morgan fingerprint density at radius 1 is 1.39 bits per heavy atom. The Morgan fingerprint density at radius 2 is 1.91 bits per heavy atom. The molecule has 1 unspecified atom stereocenters. The van der Waals surface area contributed by atoms with Crippen LogP contribution in [0, 0.1) is 17.1 Å². The average molecular weight is 437 g/mol. The monoisotopic (exact) mass is 436 g/mol. The molecule has 23 heavy (non-hydrogen) atoms. The van der Waals surface area contributed by atoms with Gasteiger partial charge in [0.25, 0.3) is 0 Å². The molecule has 0 aliphatic carbocycles. The van der Waals surface area contributed by atoms with Crippen molar-refractivity contribution in [3.8, 4) is 6.07 Å². The van der Waals surface area contributed by atoms with Crippen molar-refractivity contribution in [2.24, 2.45) is 5.73 Å². The standard InChI is InChI=1S/C12H13BrF4N2O2S2/c1-10(5-18,4-12(15,16)17)23(20,21)6-11(2,19)9-7(14)3-8(13)22-9/h3H,4,6,19H2,1-2H3/t10?,11-/m0/s1. The molecule has 2 N–H and O–H groups in total. The minimum Gasteiger partial charge on any atom is -0.320 e. The fourth-order valence-electron chi connectivity index (χ4n) is 1.95. The topological polar surface area (TPSA) is 84.0 Å². The molecule has 0 aliphatic heterocycles. The molecule has 0 bridgehead atoms. The summed E-state index contributed by atoms with van der Waals surface area (Å²) in [6.45, 7) is 1.88. The van der Waals surface area contributed by atoms with Gasteiger partial charge in [0.2, 0.25) is 0 Å². The van der Waals surface area contributed by atoms with Gasteiger partial charge in [-0.2, -0.15) is 18.4 Å². The summed E-state index contributed by atoms with van der Waals surface area (Å²) >= 11 is 3.86. The minimum absolute atomic E-state index is 0.125. The summed E-state index contributed by atoms with van der Waals surface area (Å²) in [6.07, 6.45) is -6.68. The highest BCUT2D eigenvalue weighted by atomic mass is 79.9. The third-order valence-corrected chi connectivity index (χ3v) is 7.61. The number of thiophene rings is 1. The van der Waals surface area contributed by atoms with Crippen LogP contribution in [0.5, 0.6) is 0 Å². The van der Waals surface area contributed by atoms with E-state index >= 15 is 0 Å². The van der Waals surface area contributed by atoms with Crippen molar-refractivity contribution in [1.29, 1.82) is 5.26 Å². The zero-order valence-corrected chi connectivity index (χ0v) is 15.3. The van der Waals surface area contributed by atoms with Crippen LogP contribution in [0.4, 0.5) is 17.6 Å². The molecular weight excluding hydrogens is 424 g/mol. The Morgan fingerprint density at radius 3 is 2.26 bits per heavy atom. The number of nitrogens with two attached hydrogens (primary N) is 1. The van der Waals surface area contributed by atoms with E-state index in [1.165, 1.54) is 13.0 Å². The van der Waals surface area contributed by atoms with Gasteiger partial charge in [-0.1, -0.05) is 0 Å². The number of alkyl halides is 3. The Labute approximate surface area is 143 Å². The van der Waals surface area contributed by atoms with Crippen LogP contribution in [0.1, 0.15) is 25.1 Å². The molecule has 0 spiro atoms. The highest BCUT2D eigenvalue weighted by Crippen LogP contribution is 2.38. The molecule has 4 nitrogen and oxygen atoms in total. The van der Waals surface area contributed by atoms with Crippen molar-refractivity contribution in [3.63, 3.8) is 0 Å². The van der Waals surface area contributed by atoms with Gasteiger partial charge in [0.15, 0.2) is 14.6 Å². The van der Waals surface area contributed by atoms with Crippen LogP contribution in [0.2, 0.25) is 0 Å². The fourth-order valence-corrected chi connectivity index (χ4v) is 5.32. The van der Waals surface area contributed by atoms with Crippen LogP contribution in [0.3, 0.4) is 0 Å². The highest BCUT2D eigenvalue weighted by Gasteiger charge is 2.50. The third kappa shape index (κ3) is 4.65. The zero-order chi connectivity index (χ0) is 18.3. The van der Waals surface area contributed by atoms with Gasteiger partial charge in [0.1, 0.15) is 5.82 Å². The fraction of sp³-hybridized carbons (Fsp3) is 0.583. The first-order valence-corrected chi connectivity index (χ1v) is 9.34. The predicted molar refractivity (Wildman–Crippen MR) is 82.0 cm³/mol. The predicted octanol–water partition coefficient (Wildman–Crippen LogP) is 3.47. The molecule has 130 valence electrons. The summed E-state index contributed by atoms with van der Waals surface area (Å²) in [4.78, 5) is -0.125. The maximum absolute atomic E-state index is 13.8. The molecule has 1 heterocycles. The van der Waals surface area contributed by atoms with Gasteiger partial charge < -0.3 is 5.73 Å². The molecule has 2 atom stereocenters. The van der Waals surface area contributed by atoms with Crippen molar-refractivity contribution < 1.29 is 26.0 Å². The second-order valence-electron chi connectivity index (χ2n) is 5.54. The molecule has 1 aromatic heterocycles. The van der Waals surface area contributed by atoms with Crippen LogP contribution >= 0.6 is 27.3 Å². The number of halogens is 5. The molecule has 0 saturated carbocycles. The van der Waals surface area contributed by atoms with Gasteiger partial charge >= 0.3 is 6.18 Å². The molecular formula is C12H13BrF4N2O2S2. The van der Waals surface area contributed by atoms with Crippen molar-refractivity contribution in [2.45, 2.75) is 36.7 Å². The maximum Gasteiger partial charge on any atom is 0.391 e. The molecule has 0 saturated heterocycles. The lowest BCUT2D eigenvalue weighted by Gasteiger charge is -2.29. The molecule has 0 amide bonds. The van der Waals surface area contributed by atoms with Gasteiger partial charge in [-0.25, -0.2) is 12.8 Å². The van der Waals surface area contributed by atoms with Gasteiger partial charge in [-0.05, 0) is 35.8 Å². The number of nitrogens with zero attached hydrogens (tertiary/aromatic N) is 1. The van der Waals surface area contributed by atoms with E-state index < -0.39 is 44.3 Å². The average Bonchev–Trinajstić information content (AvgIpc) is 2.65. The number of hydrogen-bond acceptors (Lipinski definition) is 5. The number of hydrogen-bond donors (Lipinski definition) is 1. The van der Waals surface area contributed by atoms with Gasteiger partial charge in [0, 0.05) is 0 Å². The first-order chi connectivity index (χ1) is 10.1. The first kappa shape index (κ1) is 20.3. The Balaban J connectivity index is 3.24. The molecule has 0 radical (unpaired) electrons. The summed E-state index contributed by atoms with van der Waals surface area (Å²) in [5.74, 6) is -1.76. The summed E-state index contributed by atoms with van der Waals surface area (Å²) in [6, 6.07) is 2.29. The second-order valence-corrected chi connectivity index (χ2v) is 10.4. The van der Waals surface area contributed by atoms with E-state index in [0.29, 0.717) is 10.7 Å². The number of rotatable bonds is 5. The lowest BCUT2D eigenvalue weighted by atomic mass is 10.0. The Kier molecular flexibility index (Phi) is 5.58. The van der Waals surface area contributed by atoms with Gasteiger partial charge in [-0.15, -0.1) is 11.3 Å². The van der Waals surface area contributed by atoms with E-state index in [4.69, 9.17) is 11.0 Å². The van der Waals surface area contributed by atoms with E-state index in [-0.39, 0.29) is 4.88 Å². The van der Waals surface area contributed by atoms with E-state index in [1.807, 2.05) is 0 Å². The summed E-state index contributed by atoms with van der Waals surface area (Å²) in [5.41, 5.74) is 4.06. The Bertz CT molecular complexity index is 737. The summed E-state index contributed by atoms with van der Waals surface area (Å²) < 4.78 is 73.9. The smallest absolute Gasteiger partial charge is 0.320 e. The van der Waals surface area contributed by atoms with E-state index in [2.05, 4.69) is 15.9 Å². The van der Waals surface area contributed by atoms with Crippen molar-refractivity contribution in [1.82, 2.24) is 0 Å². The lowest BCUT2D eigenvalue weighted by Crippen LogP contribution is -2.48. The molecule has 0 fully saturated rings.